The van der Waals surface area contributed by atoms with Gasteiger partial charge >= 0.3 is 11.9 Å². The Morgan fingerprint density at radius 2 is 2.10 bits per heavy atom. The van der Waals surface area contributed by atoms with Crippen molar-refractivity contribution >= 4 is 40.4 Å². The second kappa shape index (κ2) is 7.17. The summed E-state index contributed by atoms with van der Waals surface area (Å²) in [5, 5.41) is 11.1. The first kappa shape index (κ1) is 16.3. The zero-order valence-corrected chi connectivity index (χ0v) is 12.5. The quantitative estimate of drug-likeness (QED) is 0.577. The van der Waals surface area contributed by atoms with Gasteiger partial charge in [0, 0.05) is 3.57 Å². The number of esters is 1. The van der Waals surface area contributed by atoms with Crippen LogP contribution < -0.4 is 5.32 Å². The van der Waals surface area contributed by atoms with Gasteiger partial charge in [-0.05, 0) is 40.8 Å². The van der Waals surface area contributed by atoms with E-state index in [-0.39, 0.29) is 5.56 Å². The Morgan fingerprint density at radius 1 is 1.45 bits per heavy atom. The van der Waals surface area contributed by atoms with Gasteiger partial charge in [0.2, 0.25) is 0 Å². The summed E-state index contributed by atoms with van der Waals surface area (Å²) in [7, 11) is 1.12. The van der Waals surface area contributed by atoms with Crippen molar-refractivity contribution in [2.45, 2.75) is 12.5 Å². The minimum Gasteiger partial charge on any atom is -0.480 e. The maximum absolute atomic E-state index is 12.9. The number of amides is 1. The molecule has 0 unspecified atom stereocenters. The molecule has 1 aromatic rings. The number of hydrogen-bond acceptors (Lipinski definition) is 4. The number of halogens is 2. The van der Waals surface area contributed by atoms with Crippen LogP contribution in [0.1, 0.15) is 16.8 Å². The fraction of sp³-hybridized carbons (Fsp3) is 0.250. The van der Waals surface area contributed by atoms with Crippen molar-refractivity contribution in [1.29, 1.82) is 0 Å². The lowest BCUT2D eigenvalue weighted by molar-refractivity contribution is -0.147. The number of ether oxygens (including phenoxy) is 1. The Bertz CT molecular complexity index is 549. The molecule has 6 nitrogen and oxygen atoms in total. The summed E-state index contributed by atoms with van der Waals surface area (Å²) >= 11 is 1.76. The molecule has 2 N–H and O–H groups in total. The van der Waals surface area contributed by atoms with Gasteiger partial charge in [0.25, 0.3) is 5.91 Å². The highest BCUT2D eigenvalue weighted by Crippen LogP contribution is 2.14. The largest absolute Gasteiger partial charge is 0.480 e. The molecule has 0 saturated carbocycles. The summed E-state index contributed by atoms with van der Waals surface area (Å²) in [5.74, 6) is -3.33. The molecule has 0 aliphatic carbocycles. The zero-order valence-electron chi connectivity index (χ0n) is 10.4. The van der Waals surface area contributed by atoms with Crippen molar-refractivity contribution in [3.63, 3.8) is 0 Å². The van der Waals surface area contributed by atoms with Crippen molar-refractivity contribution in [2.24, 2.45) is 0 Å². The van der Waals surface area contributed by atoms with E-state index < -0.39 is 36.1 Å². The maximum Gasteiger partial charge on any atom is 0.326 e. The average molecular weight is 395 g/mol. The van der Waals surface area contributed by atoms with Gasteiger partial charge in [-0.25, -0.2) is 9.18 Å². The van der Waals surface area contributed by atoms with Gasteiger partial charge in [0.15, 0.2) is 0 Å². The van der Waals surface area contributed by atoms with Crippen LogP contribution in [-0.4, -0.2) is 36.1 Å². The Morgan fingerprint density at radius 3 is 2.60 bits per heavy atom. The van der Waals surface area contributed by atoms with Gasteiger partial charge in [-0.2, -0.15) is 0 Å². The molecule has 0 spiro atoms. The first-order valence-corrected chi connectivity index (χ1v) is 6.48. The van der Waals surface area contributed by atoms with Crippen LogP contribution >= 0.6 is 22.6 Å². The molecular formula is C12H11FINO5. The summed E-state index contributed by atoms with van der Waals surface area (Å²) in [6.45, 7) is 0. The molecule has 0 bridgehead atoms. The lowest BCUT2D eigenvalue weighted by Gasteiger charge is -2.14. The molecule has 1 amide bonds. The smallest absolute Gasteiger partial charge is 0.326 e. The molecule has 0 aliphatic rings. The number of rotatable bonds is 5. The fourth-order valence-corrected chi connectivity index (χ4v) is 2.08. The number of methoxy groups -OCH3 is 1. The first-order valence-electron chi connectivity index (χ1n) is 5.40. The van der Waals surface area contributed by atoms with Crippen LogP contribution in [0.25, 0.3) is 0 Å². The predicted octanol–water partition coefficient (Wildman–Crippen LogP) is 1.18. The normalized spacial score (nSPS) is 11.6. The summed E-state index contributed by atoms with van der Waals surface area (Å²) < 4.78 is 17.6. The van der Waals surface area contributed by atoms with Gasteiger partial charge in [-0.15, -0.1) is 0 Å². The molecule has 0 saturated heterocycles. The van der Waals surface area contributed by atoms with E-state index in [0.717, 1.165) is 19.2 Å². The van der Waals surface area contributed by atoms with Crippen molar-refractivity contribution < 1.29 is 28.6 Å². The number of carboxylic acids is 1. The molecule has 0 heterocycles. The zero-order chi connectivity index (χ0) is 15.3. The molecule has 0 aliphatic heterocycles. The Kier molecular flexibility index (Phi) is 5.86. The van der Waals surface area contributed by atoms with Crippen molar-refractivity contribution in [2.75, 3.05) is 7.11 Å². The van der Waals surface area contributed by atoms with Crippen molar-refractivity contribution in [3.05, 3.63) is 33.1 Å². The van der Waals surface area contributed by atoms with Crippen LogP contribution in [0.4, 0.5) is 4.39 Å². The molecule has 0 fully saturated rings. The molecule has 108 valence electrons. The summed E-state index contributed by atoms with van der Waals surface area (Å²) in [5.41, 5.74) is 0.128. The molecule has 1 rings (SSSR count). The second-order valence-electron chi connectivity index (χ2n) is 3.77. The highest BCUT2D eigenvalue weighted by Gasteiger charge is 2.25. The van der Waals surface area contributed by atoms with Gasteiger partial charge in [0.1, 0.15) is 11.9 Å². The number of nitrogens with one attached hydrogen (secondary N) is 1. The van der Waals surface area contributed by atoms with Crippen LogP contribution in [0, 0.1) is 9.39 Å². The average Bonchev–Trinajstić information content (AvgIpc) is 2.37. The van der Waals surface area contributed by atoms with Crippen LogP contribution in [0.2, 0.25) is 0 Å². The Labute approximate surface area is 127 Å². The number of hydrogen-bond donors (Lipinski definition) is 2. The third kappa shape index (κ3) is 4.44. The Hall–Kier alpha value is -1.71. The van der Waals surface area contributed by atoms with E-state index in [9.17, 15) is 18.8 Å². The minimum absolute atomic E-state index is 0.128. The lowest BCUT2D eigenvalue weighted by Crippen LogP contribution is -2.42. The van der Waals surface area contributed by atoms with Gasteiger partial charge in [-0.3, -0.25) is 9.59 Å². The van der Waals surface area contributed by atoms with Gasteiger partial charge < -0.3 is 15.2 Å². The van der Waals surface area contributed by atoms with E-state index in [2.05, 4.69) is 10.1 Å². The van der Waals surface area contributed by atoms with E-state index >= 15 is 0 Å². The molecular weight excluding hydrogens is 384 g/mol. The van der Waals surface area contributed by atoms with E-state index in [1.807, 2.05) is 0 Å². The van der Waals surface area contributed by atoms with Gasteiger partial charge in [0.05, 0.1) is 19.1 Å². The van der Waals surface area contributed by atoms with E-state index in [4.69, 9.17) is 5.11 Å². The van der Waals surface area contributed by atoms with Crippen molar-refractivity contribution in [3.8, 4) is 0 Å². The van der Waals surface area contributed by atoms with Crippen LogP contribution in [0.3, 0.4) is 0 Å². The molecule has 20 heavy (non-hydrogen) atoms. The van der Waals surface area contributed by atoms with E-state index in [0.29, 0.717) is 3.57 Å². The fourth-order valence-electron chi connectivity index (χ4n) is 1.36. The Balaban J connectivity index is 2.85. The first-order chi connectivity index (χ1) is 9.35. The van der Waals surface area contributed by atoms with Crippen LogP contribution in [0.15, 0.2) is 18.2 Å². The summed E-state index contributed by atoms with van der Waals surface area (Å²) in [6.07, 6.45) is -0.491. The summed E-state index contributed by atoms with van der Waals surface area (Å²) in [6, 6.07) is 2.07. The molecule has 1 atom stereocenters. The van der Waals surface area contributed by atoms with Crippen molar-refractivity contribution in [1.82, 2.24) is 5.32 Å². The number of aliphatic carboxylic acids is 1. The number of carbonyl (C=O) groups excluding carboxylic acids is 2. The molecule has 0 radical (unpaired) electrons. The SMILES string of the molecule is COC(=O)C[C@H](NC(=O)c1ccc(F)cc1I)C(=O)O. The molecule has 0 aromatic heterocycles. The highest BCUT2D eigenvalue weighted by molar-refractivity contribution is 14.1. The molecule has 8 heteroatoms. The molecule has 1 aromatic carbocycles. The third-order valence-corrected chi connectivity index (χ3v) is 3.27. The summed E-state index contributed by atoms with van der Waals surface area (Å²) in [4.78, 5) is 33.9. The van der Waals surface area contributed by atoms with Crippen LogP contribution in [0.5, 0.6) is 0 Å². The highest BCUT2D eigenvalue weighted by atomic mass is 127. The minimum atomic E-state index is -1.41. The predicted molar refractivity (Wildman–Crippen MR) is 74.6 cm³/mol. The van der Waals surface area contributed by atoms with Crippen LogP contribution in [-0.2, 0) is 14.3 Å². The van der Waals surface area contributed by atoms with E-state index in [1.54, 1.807) is 22.6 Å². The monoisotopic (exact) mass is 395 g/mol. The number of benzene rings is 1. The van der Waals surface area contributed by atoms with E-state index in [1.165, 1.54) is 6.07 Å². The third-order valence-electron chi connectivity index (χ3n) is 2.38. The maximum atomic E-state index is 12.9. The number of carbonyl (C=O) groups is 3. The second-order valence-corrected chi connectivity index (χ2v) is 4.93. The number of carboxylic acid groups (broad SMARTS) is 1. The topological polar surface area (TPSA) is 92.7 Å². The lowest BCUT2D eigenvalue weighted by atomic mass is 10.1. The van der Waals surface area contributed by atoms with Gasteiger partial charge in [-0.1, -0.05) is 0 Å². The standard InChI is InChI=1S/C12H11FINO5/c1-20-10(16)5-9(12(18)19)15-11(17)7-3-2-6(13)4-8(7)14/h2-4,9H,5H2,1H3,(H,15,17)(H,18,19)/t9-/m0/s1.